The van der Waals surface area contributed by atoms with Gasteiger partial charge < -0.3 is 10.1 Å². The van der Waals surface area contributed by atoms with Gasteiger partial charge in [-0.1, -0.05) is 19.8 Å². The second-order valence-corrected chi connectivity index (χ2v) is 4.95. The average molecular weight is 228 g/mol. The first-order chi connectivity index (χ1) is 7.74. The van der Waals surface area contributed by atoms with Crippen LogP contribution in [0.4, 0.5) is 0 Å². The monoisotopic (exact) mass is 228 g/mol. The molecule has 0 saturated carbocycles. The number of hydrogen-bond acceptors (Lipinski definition) is 3. The van der Waals surface area contributed by atoms with Gasteiger partial charge in [-0.25, -0.2) is 0 Å². The van der Waals surface area contributed by atoms with Crippen molar-refractivity contribution in [3.05, 3.63) is 0 Å². The third kappa shape index (κ3) is 5.28. The molecule has 0 aromatic heterocycles. The van der Waals surface area contributed by atoms with Crippen LogP contribution in [0.5, 0.6) is 0 Å². The Balaban J connectivity index is 2.10. The molecule has 0 amide bonds. The van der Waals surface area contributed by atoms with Crippen molar-refractivity contribution in [2.24, 2.45) is 0 Å². The highest BCUT2D eigenvalue weighted by atomic mass is 16.5. The lowest BCUT2D eigenvalue weighted by Gasteiger charge is -2.33. The van der Waals surface area contributed by atoms with Gasteiger partial charge in [0.2, 0.25) is 0 Å². The van der Waals surface area contributed by atoms with Gasteiger partial charge in [-0.2, -0.15) is 0 Å². The number of ether oxygens (including phenoxy) is 1. The molecule has 0 bridgehead atoms. The minimum atomic E-state index is 0.632. The zero-order chi connectivity index (χ0) is 11.8. The van der Waals surface area contributed by atoms with E-state index in [1.54, 1.807) is 0 Å². The van der Waals surface area contributed by atoms with Crippen molar-refractivity contribution in [2.75, 3.05) is 32.8 Å². The molecule has 1 fully saturated rings. The highest BCUT2D eigenvalue weighted by molar-refractivity contribution is 4.73. The van der Waals surface area contributed by atoms with E-state index in [4.69, 9.17) is 4.74 Å². The van der Waals surface area contributed by atoms with Gasteiger partial charge in [0.15, 0.2) is 0 Å². The summed E-state index contributed by atoms with van der Waals surface area (Å²) in [6.07, 6.45) is 3.93. The Kier molecular flexibility index (Phi) is 7.01. The van der Waals surface area contributed by atoms with Gasteiger partial charge in [0.1, 0.15) is 0 Å². The maximum atomic E-state index is 5.37. The van der Waals surface area contributed by atoms with Gasteiger partial charge in [0, 0.05) is 31.7 Å². The summed E-state index contributed by atoms with van der Waals surface area (Å²) in [4.78, 5) is 2.52. The summed E-state index contributed by atoms with van der Waals surface area (Å²) in [6.45, 7) is 11.9. The topological polar surface area (TPSA) is 24.5 Å². The number of nitrogens with zero attached hydrogens (tertiary/aromatic N) is 1. The Hall–Kier alpha value is -0.120. The van der Waals surface area contributed by atoms with Crippen molar-refractivity contribution in [2.45, 2.75) is 52.1 Å². The summed E-state index contributed by atoms with van der Waals surface area (Å²) < 4.78 is 5.37. The predicted molar refractivity (Wildman–Crippen MR) is 68.8 cm³/mol. The molecular formula is C13H28N2O. The number of rotatable bonds is 7. The van der Waals surface area contributed by atoms with Crippen molar-refractivity contribution in [1.82, 2.24) is 10.2 Å². The molecule has 0 aliphatic carbocycles. The molecule has 16 heavy (non-hydrogen) atoms. The largest absolute Gasteiger partial charge is 0.379 e. The summed E-state index contributed by atoms with van der Waals surface area (Å²) in [5, 5.41) is 3.63. The molecule has 1 aliphatic rings. The third-order valence-electron chi connectivity index (χ3n) is 3.42. The van der Waals surface area contributed by atoms with Gasteiger partial charge in [0.05, 0.1) is 13.2 Å². The molecule has 0 aromatic carbocycles. The van der Waals surface area contributed by atoms with Crippen LogP contribution in [0, 0.1) is 0 Å². The molecule has 0 spiro atoms. The maximum Gasteiger partial charge on any atom is 0.0594 e. The molecule has 3 nitrogen and oxygen atoms in total. The van der Waals surface area contributed by atoms with Gasteiger partial charge in [-0.05, 0) is 20.3 Å². The van der Waals surface area contributed by atoms with Crippen molar-refractivity contribution in [3.8, 4) is 0 Å². The van der Waals surface area contributed by atoms with Crippen LogP contribution in [0.25, 0.3) is 0 Å². The standard InChI is InChI=1S/C13H28N2O/c1-4-5-6-12(2)14-11-13(3)15-7-9-16-10-8-15/h12-14H,4-11H2,1-3H3. The maximum absolute atomic E-state index is 5.37. The van der Waals surface area contributed by atoms with Crippen molar-refractivity contribution < 1.29 is 4.74 Å². The Morgan fingerprint density at radius 1 is 1.25 bits per heavy atom. The normalized spacial score (nSPS) is 21.9. The summed E-state index contributed by atoms with van der Waals surface area (Å²) in [5.74, 6) is 0. The molecule has 1 N–H and O–H groups in total. The highest BCUT2D eigenvalue weighted by Gasteiger charge is 2.16. The number of hydrogen-bond donors (Lipinski definition) is 1. The fraction of sp³-hybridized carbons (Fsp3) is 1.00. The van der Waals surface area contributed by atoms with E-state index < -0.39 is 0 Å². The first-order valence-corrected chi connectivity index (χ1v) is 6.79. The van der Waals surface area contributed by atoms with E-state index in [2.05, 4.69) is 31.0 Å². The third-order valence-corrected chi connectivity index (χ3v) is 3.42. The van der Waals surface area contributed by atoms with E-state index >= 15 is 0 Å². The molecule has 3 heteroatoms. The van der Waals surface area contributed by atoms with Crippen LogP contribution in [0.15, 0.2) is 0 Å². The van der Waals surface area contributed by atoms with Gasteiger partial charge in [-0.15, -0.1) is 0 Å². The van der Waals surface area contributed by atoms with Crippen LogP contribution in [0.2, 0.25) is 0 Å². The van der Waals surface area contributed by atoms with Crippen LogP contribution in [-0.2, 0) is 4.74 Å². The molecule has 1 rings (SSSR count). The van der Waals surface area contributed by atoms with Crippen molar-refractivity contribution >= 4 is 0 Å². The summed E-state index contributed by atoms with van der Waals surface area (Å²) >= 11 is 0. The van der Waals surface area contributed by atoms with Crippen LogP contribution in [-0.4, -0.2) is 49.8 Å². The molecule has 0 aromatic rings. The number of unbranched alkanes of at least 4 members (excludes halogenated alkanes) is 1. The molecule has 1 heterocycles. The van der Waals surface area contributed by atoms with E-state index in [0.717, 1.165) is 32.8 Å². The Morgan fingerprint density at radius 2 is 1.94 bits per heavy atom. The zero-order valence-electron chi connectivity index (χ0n) is 11.2. The average Bonchev–Trinajstić information content (AvgIpc) is 2.34. The molecular weight excluding hydrogens is 200 g/mol. The summed E-state index contributed by atoms with van der Waals surface area (Å²) in [6, 6.07) is 1.29. The fourth-order valence-electron chi connectivity index (χ4n) is 2.13. The minimum Gasteiger partial charge on any atom is -0.379 e. The highest BCUT2D eigenvalue weighted by Crippen LogP contribution is 2.04. The molecule has 1 saturated heterocycles. The van der Waals surface area contributed by atoms with Crippen molar-refractivity contribution in [1.29, 1.82) is 0 Å². The van der Waals surface area contributed by atoms with E-state index in [1.807, 2.05) is 0 Å². The van der Waals surface area contributed by atoms with E-state index in [1.165, 1.54) is 19.3 Å². The van der Waals surface area contributed by atoms with Crippen LogP contribution in [0.1, 0.15) is 40.0 Å². The van der Waals surface area contributed by atoms with Crippen LogP contribution in [0.3, 0.4) is 0 Å². The smallest absolute Gasteiger partial charge is 0.0594 e. The fourth-order valence-corrected chi connectivity index (χ4v) is 2.13. The summed E-state index contributed by atoms with van der Waals surface area (Å²) in [7, 11) is 0. The van der Waals surface area contributed by atoms with Gasteiger partial charge in [-0.3, -0.25) is 4.90 Å². The molecule has 0 radical (unpaired) electrons. The van der Waals surface area contributed by atoms with Crippen LogP contribution >= 0.6 is 0 Å². The SMILES string of the molecule is CCCCC(C)NCC(C)N1CCOCC1. The molecule has 2 unspecified atom stereocenters. The van der Waals surface area contributed by atoms with Crippen molar-refractivity contribution in [3.63, 3.8) is 0 Å². The second kappa shape index (κ2) is 8.04. The Labute approximate surface area is 101 Å². The second-order valence-electron chi connectivity index (χ2n) is 4.95. The predicted octanol–water partition coefficient (Wildman–Crippen LogP) is 1.88. The Bertz CT molecular complexity index is 169. The quantitative estimate of drug-likeness (QED) is 0.720. The molecule has 2 atom stereocenters. The minimum absolute atomic E-state index is 0.632. The van der Waals surface area contributed by atoms with E-state index in [0.29, 0.717) is 12.1 Å². The van der Waals surface area contributed by atoms with E-state index in [9.17, 15) is 0 Å². The number of nitrogens with one attached hydrogen (secondary N) is 1. The zero-order valence-corrected chi connectivity index (χ0v) is 11.2. The Morgan fingerprint density at radius 3 is 2.56 bits per heavy atom. The first-order valence-electron chi connectivity index (χ1n) is 6.79. The lowest BCUT2D eigenvalue weighted by atomic mass is 10.1. The lowest BCUT2D eigenvalue weighted by molar-refractivity contribution is 0.0199. The number of morpholine rings is 1. The lowest BCUT2D eigenvalue weighted by Crippen LogP contribution is -2.47. The molecule has 96 valence electrons. The summed E-state index contributed by atoms with van der Waals surface area (Å²) in [5.41, 5.74) is 0. The first kappa shape index (κ1) is 13.9. The van der Waals surface area contributed by atoms with Gasteiger partial charge >= 0.3 is 0 Å². The van der Waals surface area contributed by atoms with Gasteiger partial charge in [0.25, 0.3) is 0 Å². The molecule has 1 aliphatic heterocycles. The van der Waals surface area contributed by atoms with E-state index in [-0.39, 0.29) is 0 Å². The van der Waals surface area contributed by atoms with Crippen LogP contribution < -0.4 is 5.32 Å².